The van der Waals surface area contributed by atoms with Gasteiger partial charge in [-0.3, -0.25) is 19.8 Å². The number of rotatable bonds is 5. The van der Waals surface area contributed by atoms with Crippen molar-refractivity contribution in [2.45, 2.75) is 19.8 Å². The second-order valence-corrected chi connectivity index (χ2v) is 7.90. The summed E-state index contributed by atoms with van der Waals surface area (Å²) in [5, 5.41) is 0.482. The molecule has 0 saturated carbocycles. The van der Waals surface area contributed by atoms with E-state index >= 15 is 0 Å². The SMILES string of the molecule is CCc1cc2c(=O)n(NC(=O)[C@@H]3CC(=O)N(c4cccc(OC)c4)C3)cnc2s1. The van der Waals surface area contributed by atoms with Gasteiger partial charge in [0.15, 0.2) is 0 Å². The van der Waals surface area contributed by atoms with Crippen molar-refractivity contribution in [1.29, 1.82) is 0 Å². The van der Waals surface area contributed by atoms with Gasteiger partial charge < -0.3 is 9.64 Å². The van der Waals surface area contributed by atoms with E-state index in [1.807, 2.05) is 13.0 Å². The fourth-order valence-corrected chi connectivity index (χ4v) is 4.27. The summed E-state index contributed by atoms with van der Waals surface area (Å²) in [5.74, 6) is -0.469. The van der Waals surface area contributed by atoms with Crippen LogP contribution < -0.4 is 20.6 Å². The van der Waals surface area contributed by atoms with E-state index in [1.165, 1.54) is 17.7 Å². The highest BCUT2D eigenvalue weighted by Crippen LogP contribution is 2.28. The number of thiophene rings is 1. The molecule has 3 aromatic rings. The molecule has 2 aromatic heterocycles. The van der Waals surface area contributed by atoms with E-state index in [0.29, 0.717) is 21.7 Å². The Kier molecular flexibility index (Phi) is 5.06. The van der Waals surface area contributed by atoms with Gasteiger partial charge in [0.2, 0.25) is 11.8 Å². The molecule has 3 heterocycles. The largest absolute Gasteiger partial charge is 0.497 e. The van der Waals surface area contributed by atoms with Gasteiger partial charge in [-0.1, -0.05) is 13.0 Å². The summed E-state index contributed by atoms with van der Waals surface area (Å²) in [7, 11) is 1.56. The summed E-state index contributed by atoms with van der Waals surface area (Å²) in [6.45, 7) is 2.25. The van der Waals surface area contributed by atoms with Crippen molar-refractivity contribution in [3.05, 3.63) is 51.9 Å². The average molecular weight is 412 g/mol. The van der Waals surface area contributed by atoms with Gasteiger partial charge in [-0.05, 0) is 24.6 Å². The third-order valence-electron chi connectivity index (χ3n) is 4.94. The van der Waals surface area contributed by atoms with Gasteiger partial charge in [-0.25, -0.2) is 9.66 Å². The minimum Gasteiger partial charge on any atom is -0.497 e. The van der Waals surface area contributed by atoms with Crippen LogP contribution in [-0.2, 0) is 16.0 Å². The van der Waals surface area contributed by atoms with Gasteiger partial charge in [0, 0.05) is 29.6 Å². The summed E-state index contributed by atoms with van der Waals surface area (Å²) in [5.41, 5.74) is 2.94. The van der Waals surface area contributed by atoms with Gasteiger partial charge in [-0.15, -0.1) is 11.3 Å². The van der Waals surface area contributed by atoms with Crippen LogP contribution in [-0.4, -0.2) is 35.1 Å². The van der Waals surface area contributed by atoms with Gasteiger partial charge >= 0.3 is 0 Å². The quantitative estimate of drug-likeness (QED) is 0.693. The maximum atomic E-state index is 12.7. The number of methoxy groups -OCH3 is 1. The van der Waals surface area contributed by atoms with E-state index in [-0.39, 0.29) is 24.4 Å². The molecule has 8 nitrogen and oxygen atoms in total. The zero-order valence-corrected chi connectivity index (χ0v) is 16.9. The minimum atomic E-state index is -0.565. The van der Waals surface area contributed by atoms with E-state index in [0.717, 1.165) is 16.0 Å². The molecule has 1 N–H and O–H groups in total. The molecule has 1 atom stereocenters. The fourth-order valence-electron chi connectivity index (χ4n) is 3.35. The number of nitrogens with zero attached hydrogens (tertiary/aromatic N) is 3. The number of aromatic nitrogens is 2. The molecule has 0 radical (unpaired) electrons. The first-order valence-electron chi connectivity index (χ1n) is 9.25. The molecule has 2 amide bonds. The van der Waals surface area contributed by atoms with Crippen LogP contribution in [0, 0.1) is 5.92 Å². The number of anilines is 1. The fraction of sp³-hybridized carbons (Fsp3) is 0.300. The molecule has 1 aliphatic rings. The van der Waals surface area contributed by atoms with Crippen molar-refractivity contribution in [2.75, 3.05) is 24.0 Å². The Balaban J connectivity index is 1.52. The minimum absolute atomic E-state index is 0.0753. The number of carbonyl (C=O) groups is 2. The standard InChI is InChI=1S/C20H20N4O4S/c1-3-15-9-16-19(29-15)21-11-24(20(16)27)22-18(26)12-7-17(25)23(10-12)13-5-4-6-14(8-13)28-2/h4-6,8-9,11-12H,3,7,10H2,1-2H3,(H,22,26)/t12-/m1/s1. The third-order valence-corrected chi connectivity index (χ3v) is 6.13. The first-order valence-corrected chi connectivity index (χ1v) is 10.1. The van der Waals surface area contributed by atoms with Gasteiger partial charge in [0.25, 0.3) is 5.56 Å². The number of benzene rings is 1. The molecular formula is C20H20N4O4S. The lowest BCUT2D eigenvalue weighted by Crippen LogP contribution is -2.37. The van der Waals surface area contributed by atoms with Gasteiger partial charge in [-0.2, -0.15) is 0 Å². The van der Waals surface area contributed by atoms with E-state index in [4.69, 9.17) is 4.74 Å². The van der Waals surface area contributed by atoms with Crippen LogP contribution in [0.15, 0.2) is 41.5 Å². The lowest BCUT2D eigenvalue weighted by atomic mass is 10.1. The normalized spacial score (nSPS) is 16.4. The molecule has 0 bridgehead atoms. The van der Waals surface area contributed by atoms with E-state index in [2.05, 4.69) is 10.4 Å². The Morgan fingerprint density at radius 3 is 2.93 bits per heavy atom. The highest BCUT2D eigenvalue weighted by molar-refractivity contribution is 7.18. The van der Waals surface area contributed by atoms with Crippen LogP contribution in [0.3, 0.4) is 0 Å². The Hall–Kier alpha value is -3.20. The molecular weight excluding hydrogens is 392 g/mol. The van der Waals surface area contributed by atoms with Crippen molar-refractivity contribution >= 4 is 39.1 Å². The van der Waals surface area contributed by atoms with Crippen molar-refractivity contribution in [3.63, 3.8) is 0 Å². The molecule has 1 saturated heterocycles. The number of carbonyl (C=O) groups excluding carboxylic acids is 2. The topological polar surface area (TPSA) is 93.5 Å². The van der Waals surface area contributed by atoms with Gasteiger partial charge in [0.05, 0.1) is 18.4 Å². The number of fused-ring (bicyclic) bond motifs is 1. The molecule has 1 aliphatic heterocycles. The maximum absolute atomic E-state index is 12.7. The number of ether oxygens (including phenoxy) is 1. The van der Waals surface area contributed by atoms with E-state index < -0.39 is 11.8 Å². The predicted molar refractivity (Wildman–Crippen MR) is 111 cm³/mol. The highest BCUT2D eigenvalue weighted by Gasteiger charge is 2.35. The van der Waals surface area contributed by atoms with Crippen molar-refractivity contribution in [3.8, 4) is 5.75 Å². The molecule has 0 aliphatic carbocycles. The lowest BCUT2D eigenvalue weighted by Gasteiger charge is -2.17. The molecule has 4 rings (SSSR count). The first kappa shape index (κ1) is 19.1. The zero-order valence-electron chi connectivity index (χ0n) is 16.0. The van der Waals surface area contributed by atoms with E-state index in [1.54, 1.807) is 36.3 Å². The summed E-state index contributed by atoms with van der Waals surface area (Å²) in [4.78, 5) is 45.3. The molecule has 150 valence electrons. The Morgan fingerprint density at radius 2 is 2.17 bits per heavy atom. The van der Waals surface area contributed by atoms with Crippen molar-refractivity contribution in [1.82, 2.24) is 9.66 Å². The number of aryl methyl sites for hydroxylation is 1. The first-order chi connectivity index (χ1) is 14.0. The van der Waals surface area contributed by atoms with Crippen LogP contribution >= 0.6 is 11.3 Å². The Labute approximate surface area is 170 Å². The van der Waals surface area contributed by atoms with Crippen LogP contribution in [0.25, 0.3) is 10.2 Å². The van der Waals surface area contributed by atoms with Crippen LogP contribution in [0.5, 0.6) is 5.75 Å². The molecule has 0 spiro atoms. The molecule has 0 unspecified atom stereocenters. The molecule has 29 heavy (non-hydrogen) atoms. The number of nitrogens with one attached hydrogen (secondary N) is 1. The zero-order chi connectivity index (χ0) is 20.5. The number of amides is 2. The summed E-state index contributed by atoms with van der Waals surface area (Å²) in [6, 6.07) is 8.94. The van der Waals surface area contributed by atoms with Crippen LogP contribution in [0.4, 0.5) is 5.69 Å². The third kappa shape index (κ3) is 3.61. The highest BCUT2D eigenvalue weighted by atomic mass is 32.1. The molecule has 1 fully saturated rings. The monoisotopic (exact) mass is 412 g/mol. The number of hydrogen-bond donors (Lipinski definition) is 1. The van der Waals surface area contributed by atoms with E-state index in [9.17, 15) is 14.4 Å². The summed E-state index contributed by atoms with van der Waals surface area (Å²) < 4.78 is 6.29. The van der Waals surface area contributed by atoms with Crippen LogP contribution in [0.2, 0.25) is 0 Å². The predicted octanol–water partition coefficient (Wildman–Crippen LogP) is 2.15. The number of hydrogen-bond acceptors (Lipinski definition) is 6. The van der Waals surface area contributed by atoms with Gasteiger partial charge in [0.1, 0.15) is 16.9 Å². The molecule has 1 aromatic carbocycles. The maximum Gasteiger partial charge on any atom is 0.280 e. The lowest BCUT2D eigenvalue weighted by molar-refractivity contribution is -0.123. The Morgan fingerprint density at radius 1 is 1.34 bits per heavy atom. The van der Waals surface area contributed by atoms with Crippen LogP contribution in [0.1, 0.15) is 18.2 Å². The summed E-state index contributed by atoms with van der Waals surface area (Å²) in [6.07, 6.45) is 2.21. The summed E-state index contributed by atoms with van der Waals surface area (Å²) >= 11 is 1.47. The smallest absolute Gasteiger partial charge is 0.280 e. The second-order valence-electron chi connectivity index (χ2n) is 6.79. The Bertz CT molecular complexity index is 1150. The second kappa shape index (κ2) is 7.67. The van der Waals surface area contributed by atoms with Crippen molar-refractivity contribution < 1.29 is 14.3 Å². The average Bonchev–Trinajstić information content (AvgIpc) is 3.34. The molecule has 9 heteroatoms. The van der Waals surface area contributed by atoms with Crippen molar-refractivity contribution in [2.24, 2.45) is 5.92 Å².